The number of fused-ring (bicyclic) bond motifs is 2. The molecule has 0 saturated heterocycles. The van der Waals surface area contributed by atoms with Crippen molar-refractivity contribution in [1.82, 2.24) is 4.58 Å². The minimum Gasteiger partial charge on any atom is -0.456 e. The third kappa shape index (κ3) is 4.28. The molecule has 0 amide bonds. The molecule has 0 bridgehead atoms. The Kier molecular flexibility index (Phi) is 6.85. The van der Waals surface area contributed by atoms with E-state index in [0.717, 1.165) is 70.6 Å². The molecule has 4 nitrogen and oxygen atoms in total. The molecule has 4 rings (SSSR count). The first-order chi connectivity index (χ1) is 16.0. The van der Waals surface area contributed by atoms with Crippen molar-refractivity contribution < 1.29 is 9.21 Å². The van der Waals surface area contributed by atoms with Crippen LogP contribution < -0.4 is 14.8 Å². The molecule has 0 radical (unpaired) electrons. The van der Waals surface area contributed by atoms with Gasteiger partial charge in [-0.05, 0) is 69.1 Å². The molecule has 0 spiro atoms. The molecule has 2 aromatic carbocycles. The molecule has 2 aliphatic rings. The lowest BCUT2D eigenvalue weighted by molar-refractivity contribution is 0.108. The van der Waals surface area contributed by atoms with E-state index in [1.165, 1.54) is 0 Å². The van der Waals surface area contributed by atoms with Gasteiger partial charge < -0.3 is 9.32 Å². The minimum atomic E-state index is -0.466. The number of hydrogen-bond acceptors (Lipinski definition) is 3. The quantitative estimate of drug-likeness (QED) is 0.185. The minimum absolute atomic E-state index is 0.466. The summed E-state index contributed by atoms with van der Waals surface area (Å²) in [6.45, 7) is 12.3. The Labute approximate surface area is 200 Å². The van der Waals surface area contributed by atoms with E-state index in [4.69, 9.17) is 16.0 Å². The van der Waals surface area contributed by atoms with Gasteiger partial charge in [-0.3, -0.25) is 4.79 Å². The molecule has 170 valence electrons. The predicted octanol–water partition coefficient (Wildman–Crippen LogP) is 6.24. The van der Waals surface area contributed by atoms with Crippen molar-refractivity contribution in [3.63, 3.8) is 0 Å². The van der Waals surface area contributed by atoms with Gasteiger partial charge in [0.05, 0.1) is 6.07 Å². The average molecular weight is 462 g/mol. The molecule has 1 aliphatic carbocycles. The van der Waals surface area contributed by atoms with Gasteiger partial charge in [0.15, 0.2) is 0 Å². The van der Waals surface area contributed by atoms with Crippen LogP contribution in [0.2, 0.25) is 0 Å². The monoisotopic (exact) mass is 461 g/mol. The summed E-state index contributed by atoms with van der Waals surface area (Å²) in [5.41, 5.74) is 5.13. The fourth-order valence-corrected chi connectivity index (χ4v) is 4.77. The highest BCUT2D eigenvalue weighted by Crippen LogP contribution is 2.42. The standard InChI is InChI=1S/C28H30ClN2O2/c1-5-30(6-2)19-13-15-23-25(17-19)33-26-18-20(31(7-3)8-4)14-16-24(26)27(23)21-11-9-10-12-22(21)28(29)32/h9-18H,5-8H2,1-4H3/q+1. The number of carbonyl (C=O) groups is 1. The zero-order valence-corrected chi connectivity index (χ0v) is 20.4. The molecule has 0 unspecified atom stereocenters. The number of nitrogens with zero attached hydrogens (tertiary/aromatic N) is 2. The van der Waals surface area contributed by atoms with E-state index in [1.54, 1.807) is 6.07 Å². The number of hydrogen-bond donors (Lipinski definition) is 0. The van der Waals surface area contributed by atoms with Crippen LogP contribution in [-0.2, 0) is 0 Å². The van der Waals surface area contributed by atoms with Crippen LogP contribution in [0.25, 0.3) is 33.4 Å². The van der Waals surface area contributed by atoms with Gasteiger partial charge in [0, 0.05) is 53.0 Å². The summed E-state index contributed by atoms with van der Waals surface area (Å²) >= 11 is 5.99. The molecule has 0 saturated carbocycles. The Balaban J connectivity index is 2.13. The van der Waals surface area contributed by atoms with Gasteiger partial charge in [0.25, 0.3) is 5.24 Å². The van der Waals surface area contributed by atoms with E-state index in [0.29, 0.717) is 5.56 Å². The van der Waals surface area contributed by atoms with Crippen LogP contribution in [0.15, 0.2) is 65.1 Å². The van der Waals surface area contributed by atoms with Crippen LogP contribution >= 0.6 is 11.6 Å². The van der Waals surface area contributed by atoms with Crippen molar-refractivity contribution in [2.45, 2.75) is 27.7 Å². The summed E-state index contributed by atoms with van der Waals surface area (Å²) in [7, 11) is 0. The van der Waals surface area contributed by atoms with Gasteiger partial charge in [0.2, 0.25) is 5.36 Å². The highest BCUT2D eigenvalue weighted by Gasteiger charge is 2.22. The zero-order valence-electron chi connectivity index (χ0n) is 19.7. The largest absolute Gasteiger partial charge is 0.456 e. The van der Waals surface area contributed by atoms with Crippen LogP contribution in [0.5, 0.6) is 0 Å². The predicted molar refractivity (Wildman–Crippen MR) is 138 cm³/mol. The van der Waals surface area contributed by atoms with E-state index in [-0.39, 0.29) is 0 Å². The average Bonchev–Trinajstić information content (AvgIpc) is 2.84. The van der Waals surface area contributed by atoms with Crippen molar-refractivity contribution in [3.8, 4) is 22.5 Å². The number of anilines is 1. The molecule has 1 heterocycles. The summed E-state index contributed by atoms with van der Waals surface area (Å²) in [4.78, 5) is 14.6. The molecule has 0 aromatic heterocycles. The third-order valence-corrected chi connectivity index (χ3v) is 6.56. The second-order valence-corrected chi connectivity index (χ2v) is 8.35. The number of carbonyl (C=O) groups excluding carboxylic acids is 1. The normalized spacial score (nSPS) is 11.2. The van der Waals surface area contributed by atoms with Crippen molar-refractivity contribution in [2.24, 2.45) is 0 Å². The molecule has 0 fully saturated rings. The molecule has 0 N–H and O–H groups in total. The fourth-order valence-electron chi connectivity index (χ4n) is 4.60. The van der Waals surface area contributed by atoms with Crippen molar-refractivity contribution >= 4 is 33.5 Å². The number of rotatable bonds is 7. The van der Waals surface area contributed by atoms with E-state index >= 15 is 0 Å². The smallest absolute Gasteiger partial charge is 0.253 e. The maximum atomic E-state index is 12.3. The summed E-state index contributed by atoms with van der Waals surface area (Å²) in [6.07, 6.45) is 0. The van der Waals surface area contributed by atoms with Crippen molar-refractivity contribution in [3.05, 3.63) is 71.6 Å². The fraction of sp³-hybridized carbons (Fsp3) is 0.286. The maximum absolute atomic E-state index is 12.3. The zero-order chi connectivity index (χ0) is 23.5. The Morgan fingerprint density at radius 3 is 2.30 bits per heavy atom. The second kappa shape index (κ2) is 9.80. The summed E-state index contributed by atoms with van der Waals surface area (Å²) in [5.74, 6) is 0.787. The van der Waals surface area contributed by atoms with Crippen LogP contribution in [0.1, 0.15) is 38.1 Å². The lowest BCUT2D eigenvalue weighted by Gasteiger charge is -2.22. The third-order valence-electron chi connectivity index (χ3n) is 6.35. The van der Waals surface area contributed by atoms with Gasteiger partial charge in [-0.15, -0.1) is 0 Å². The Hall–Kier alpha value is -3.11. The lowest BCUT2D eigenvalue weighted by atomic mass is 9.91. The van der Waals surface area contributed by atoms with Crippen LogP contribution in [-0.4, -0.2) is 31.4 Å². The Morgan fingerprint density at radius 1 is 0.909 bits per heavy atom. The first-order valence-corrected chi connectivity index (χ1v) is 12.0. The number of benzene rings is 3. The van der Waals surface area contributed by atoms with Gasteiger partial charge in [0.1, 0.15) is 24.4 Å². The highest BCUT2D eigenvalue weighted by molar-refractivity contribution is 6.68. The molecule has 1 aliphatic heterocycles. The Bertz CT molecular complexity index is 1350. The summed E-state index contributed by atoms with van der Waals surface area (Å²) < 4.78 is 8.79. The first-order valence-electron chi connectivity index (χ1n) is 11.6. The number of halogens is 1. The SMILES string of the molecule is CCN(CC)c1ccc2c(-c3ccccc3C(=O)Cl)c3ccc(=[N+](CC)CC)cc-3oc2c1. The summed E-state index contributed by atoms with van der Waals surface area (Å²) in [6, 6.07) is 20.1. The van der Waals surface area contributed by atoms with Crippen molar-refractivity contribution in [1.29, 1.82) is 0 Å². The van der Waals surface area contributed by atoms with Crippen molar-refractivity contribution in [2.75, 3.05) is 31.1 Å². The van der Waals surface area contributed by atoms with Gasteiger partial charge in [-0.1, -0.05) is 18.2 Å². The first kappa shape index (κ1) is 23.1. The second-order valence-electron chi connectivity index (χ2n) is 8.00. The van der Waals surface area contributed by atoms with Crippen LogP contribution in [0.4, 0.5) is 5.69 Å². The highest BCUT2D eigenvalue weighted by atomic mass is 35.5. The van der Waals surface area contributed by atoms with Crippen LogP contribution in [0.3, 0.4) is 0 Å². The molecule has 5 heteroatoms. The Morgan fingerprint density at radius 2 is 1.64 bits per heavy atom. The topological polar surface area (TPSA) is 36.5 Å². The maximum Gasteiger partial charge on any atom is 0.253 e. The molecular formula is C28H30ClN2O2+. The van der Waals surface area contributed by atoms with Crippen LogP contribution in [0, 0.1) is 0 Å². The summed E-state index contributed by atoms with van der Waals surface area (Å²) in [5, 5.41) is 1.61. The van der Waals surface area contributed by atoms with E-state index in [9.17, 15) is 4.79 Å². The molecular weight excluding hydrogens is 432 g/mol. The van der Waals surface area contributed by atoms with Gasteiger partial charge >= 0.3 is 0 Å². The molecule has 0 atom stereocenters. The van der Waals surface area contributed by atoms with E-state index in [2.05, 4.69) is 73.6 Å². The molecule has 33 heavy (non-hydrogen) atoms. The van der Waals surface area contributed by atoms with Gasteiger partial charge in [-0.25, -0.2) is 4.58 Å². The van der Waals surface area contributed by atoms with E-state index in [1.807, 2.05) is 18.2 Å². The van der Waals surface area contributed by atoms with E-state index < -0.39 is 5.24 Å². The molecule has 2 aromatic rings. The van der Waals surface area contributed by atoms with Gasteiger partial charge in [-0.2, -0.15) is 0 Å². The lowest BCUT2D eigenvalue weighted by Crippen LogP contribution is -2.29.